The van der Waals surface area contributed by atoms with Crippen LogP contribution in [0.5, 0.6) is 23.0 Å². The first-order valence-corrected chi connectivity index (χ1v) is 31.0. The fraction of sp³-hybridized carbons (Fsp3) is 0.333. The summed E-state index contributed by atoms with van der Waals surface area (Å²) >= 11 is 2.35. The quantitative estimate of drug-likeness (QED) is 0.101. The topological polar surface area (TPSA) is 146 Å². The Labute approximate surface area is 513 Å². The SMILES string of the molecule is CC(C)(C)CCOc1cccc(OCCC(C)(C)C)c1-c1c2nc(c(C#Cc3cccc4nsnc34)c3ccc([nH]3)c(-c3c(OCCC(C)(C)C)cccc3OCCC(C)(C)C)c3nc(c(C#Cc4cccc5nsnc45)c4ccc1[nH]4)C=C3)C=C2. The molecule has 11 rings (SSSR count). The molecule has 0 fully saturated rings. The Balaban J connectivity index is 1.26. The van der Waals surface area contributed by atoms with E-state index < -0.39 is 0 Å². The van der Waals surface area contributed by atoms with Gasteiger partial charge in [0.05, 0.1) is 117 Å². The van der Waals surface area contributed by atoms with E-state index in [1.165, 1.54) is 23.5 Å². The summed E-state index contributed by atoms with van der Waals surface area (Å²) in [6.45, 7) is 28.7. The van der Waals surface area contributed by atoms with Crippen LogP contribution in [0.2, 0.25) is 0 Å². The van der Waals surface area contributed by atoms with Crippen molar-refractivity contribution in [1.82, 2.24) is 37.4 Å². The van der Waals surface area contributed by atoms with Crippen molar-refractivity contribution in [1.29, 1.82) is 0 Å². The summed E-state index contributed by atoms with van der Waals surface area (Å²) in [6.07, 6.45) is 11.5. The molecule has 9 aromatic rings. The maximum atomic E-state index is 6.89. The zero-order chi connectivity index (χ0) is 60.4. The third-order valence-electron chi connectivity index (χ3n) is 14.9. The van der Waals surface area contributed by atoms with E-state index in [2.05, 4.69) is 171 Å². The Hall–Kier alpha value is -8.56. The van der Waals surface area contributed by atoms with Crippen molar-refractivity contribution < 1.29 is 18.9 Å². The van der Waals surface area contributed by atoms with Crippen molar-refractivity contribution in [3.05, 3.63) is 142 Å². The summed E-state index contributed by atoms with van der Waals surface area (Å²) in [5.41, 5.74) is 14.9. The van der Waals surface area contributed by atoms with Crippen LogP contribution in [-0.4, -0.2) is 63.9 Å². The molecule has 0 spiro atoms. The molecule has 0 atom stereocenters. The standard InChI is InChI=1S/C72H74N8O4S2/c1-69(2,3)37-41-81-59-21-15-22-60(82-42-38-70(4,5)6)65(59)63-53-33-29-49(73-53)47(27-25-45-17-13-19-57-67(45)79-85-77-57)51-31-35-55(75-51)64(66-61(83-43-39-71(7,8)9)23-16-24-62(66)84-44-40-72(10,11)12)56-36-32-52(76-56)48(50-30-34-54(63)74-50)28-26-46-18-14-20-58-68(46)80-86-78-58/h13-24,29-36,73,76H,37-44H2,1-12H3. The summed E-state index contributed by atoms with van der Waals surface area (Å²) < 4.78 is 45.9. The van der Waals surface area contributed by atoms with Gasteiger partial charge in [0, 0.05) is 22.2 Å². The molecular formula is C72H74N8O4S2. The molecule has 2 aliphatic rings. The summed E-state index contributed by atoms with van der Waals surface area (Å²) in [7, 11) is 0. The number of rotatable bonds is 14. The summed E-state index contributed by atoms with van der Waals surface area (Å²) in [5.74, 6) is 17.0. The minimum atomic E-state index is 0.0342. The van der Waals surface area contributed by atoms with Gasteiger partial charge in [-0.15, -0.1) is 0 Å². The van der Waals surface area contributed by atoms with Crippen LogP contribution in [0.4, 0.5) is 0 Å². The summed E-state index contributed by atoms with van der Waals surface area (Å²) in [4.78, 5) is 19.0. The highest BCUT2D eigenvalue weighted by molar-refractivity contribution is 7.00. The molecule has 0 saturated carbocycles. The lowest BCUT2D eigenvalue weighted by Gasteiger charge is -2.22. The number of ether oxygens (including phenoxy) is 4. The number of nitrogens with one attached hydrogen (secondary N) is 2. The molecule has 2 N–H and O–H groups in total. The van der Waals surface area contributed by atoms with Gasteiger partial charge in [-0.25, -0.2) is 9.97 Å². The fourth-order valence-corrected chi connectivity index (χ4v) is 11.0. The second-order valence-electron chi connectivity index (χ2n) is 26.8. The van der Waals surface area contributed by atoms with Crippen molar-refractivity contribution >= 4 is 91.9 Å². The molecule has 0 amide bonds. The van der Waals surface area contributed by atoms with Gasteiger partial charge in [0.15, 0.2) is 0 Å². The molecule has 5 aromatic heterocycles. The largest absolute Gasteiger partial charge is 0.493 e. The lowest BCUT2D eigenvalue weighted by Crippen LogP contribution is -2.13. The second kappa shape index (κ2) is 24.4. The van der Waals surface area contributed by atoms with Gasteiger partial charge in [-0.2, -0.15) is 17.5 Å². The van der Waals surface area contributed by atoms with Gasteiger partial charge in [-0.3, -0.25) is 0 Å². The summed E-state index contributed by atoms with van der Waals surface area (Å²) in [6, 6.07) is 32.3. The Kier molecular flexibility index (Phi) is 16.8. The van der Waals surface area contributed by atoms with Crippen LogP contribution in [-0.2, 0) is 0 Å². The zero-order valence-electron chi connectivity index (χ0n) is 51.3. The van der Waals surface area contributed by atoms with Crippen LogP contribution in [0.25, 0.3) is 90.7 Å². The zero-order valence-corrected chi connectivity index (χ0v) is 53.0. The first-order valence-electron chi connectivity index (χ1n) is 29.5. The van der Waals surface area contributed by atoms with Crippen LogP contribution in [0.3, 0.4) is 0 Å². The maximum absolute atomic E-state index is 6.89. The van der Waals surface area contributed by atoms with Gasteiger partial charge in [0.25, 0.3) is 0 Å². The van der Waals surface area contributed by atoms with Crippen LogP contribution in [0.15, 0.2) is 97.1 Å². The highest BCUT2D eigenvalue weighted by atomic mass is 32.1. The molecule has 0 saturated heterocycles. The Morgan fingerprint density at radius 1 is 0.360 bits per heavy atom. The first-order chi connectivity index (χ1) is 41.1. The summed E-state index contributed by atoms with van der Waals surface area (Å²) in [5, 5.41) is 0. The average molecular weight is 1180 g/mol. The smallest absolute Gasteiger partial charge is 0.131 e. The molecule has 0 radical (unpaired) electrons. The van der Waals surface area contributed by atoms with E-state index in [0.29, 0.717) is 83.3 Å². The van der Waals surface area contributed by atoms with Crippen molar-refractivity contribution in [3.8, 4) is 68.9 Å². The highest BCUT2D eigenvalue weighted by Crippen LogP contribution is 2.46. The van der Waals surface area contributed by atoms with E-state index in [9.17, 15) is 0 Å². The maximum Gasteiger partial charge on any atom is 0.131 e. The van der Waals surface area contributed by atoms with Crippen molar-refractivity contribution in [3.63, 3.8) is 0 Å². The van der Waals surface area contributed by atoms with Crippen LogP contribution in [0, 0.1) is 45.3 Å². The van der Waals surface area contributed by atoms with E-state index in [4.69, 9.17) is 28.9 Å². The molecule has 14 heteroatoms. The Bertz CT molecular complexity index is 4040. The number of hydrogen-bond acceptors (Lipinski definition) is 12. The van der Waals surface area contributed by atoms with Gasteiger partial charge in [0.1, 0.15) is 45.1 Å². The molecule has 0 unspecified atom stereocenters. The third-order valence-corrected chi connectivity index (χ3v) is 16.0. The number of benzene rings is 4. The number of nitrogens with zero attached hydrogens (tertiary/aromatic N) is 6. The van der Waals surface area contributed by atoms with E-state index in [1.54, 1.807) is 0 Å². The molecule has 0 aliphatic carbocycles. The number of aromatic nitrogens is 8. The average Bonchev–Trinajstić information content (AvgIpc) is 1.79. The lowest BCUT2D eigenvalue weighted by atomic mass is 9.93. The first kappa shape index (κ1) is 59.2. The van der Waals surface area contributed by atoms with Crippen LogP contribution < -0.4 is 18.9 Å². The highest BCUT2D eigenvalue weighted by Gasteiger charge is 2.26. The van der Waals surface area contributed by atoms with E-state index in [-0.39, 0.29) is 21.7 Å². The molecule has 12 nitrogen and oxygen atoms in total. The number of aromatic amines is 2. The van der Waals surface area contributed by atoms with Gasteiger partial charge in [-0.05, 0) is 144 Å². The lowest BCUT2D eigenvalue weighted by molar-refractivity contribution is 0.235. The monoisotopic (exact) mass is 1180 g/mol. The predicted octanol–water partition coefficient (Wildman–Crippen LogP) is 18.1. The number of H-pyrrole nitrogens is 2. The van der Waals surface area contributed by atoms with Crippen LogP contribution in [0.1, 0.15) is 154 Å². The molecular weight excluding hydrogens is 1100 g/mol. The van der Waals surface area contributed by atoms with E-state index >= 15 is 0 Å². The number of hydrogen-bond donors (Lipinski definition) is 2. The Morgan fingerprint density at radius 3 is 1.03 bits per heavy atom. The number of fused-ring (bicyclic) bond motifs is 10. The minimum Gasteiger partial charge on any atom is -0.493 e. The molecule has 86 heavy (non-hydrogen) atoms. The fourth-order valence-electron chi connectivity index (χ4n) is 9.93. The second-order valence-corrected chi connectivity index (χ2v) is 27.8. The van der Waals surface area contributed by atoms with Gasteiger partial charge in [0.2, 0.25) is 0 Å². The minimum absolute atomic E-state index is 0.0342. The normalized spacial score (nSPS) is 12.5. The van der Waals surface area contributed by atoms with Gasteiger partial charge >= 0.3 is 0 Å². The molecule has 2 aliphatic heterocycles. The van der Waals surface area contributed by atoms with Gasteiger partial charge < -0.3 is 28.9 Å². The Morgan fingerprint density at radius 2 is 0.686 bits per heavy atom. The predicted molar refractivity (Wildman–Crippen MR) is 355 cm³/mol. The van der Waals surface area contributed by atoms with Crippen molar-refractivity contribution in [2.24, 2.45) is 21.7 Å². The van der Waals surface area contributed by atoms with Crippen molar-refractivity contribution in [2.45, 2.75) is 109 Å². The van der Waals surface area contributed by atoms with E-state index in [1.807, 2.05) is 84.9 Å². The van der Waals surface area contributed by atoms with Gasteiger partial charge in [-0.1, -0.05) is 131 Å². The molecule has 8 bridgehead atoms. The molecule has 7 heterocycles. The molecule has 438 valence electrons. The van der Waals surface area contributed by atoms with Crippen LogP contribution >= 0.6 is 23.5 Å². The third kappa shape index (κ3) is 13.9. The molecule has 4 aromatic carbocycles. The van der Waals surface area contributed by atoms with Crippen molar-refractivity contribution in [2.75, 3.05) is 26.4 Å². The van der Waals surface area contributed by atoms with E-state index in [0.717, 1.165) is 103 Å².